The third-order valence-corrected chi connectivity index (χ3v) is 11.4. The average Bonchev–Trinajstić information content (AvgIpc) is 2.87. The molecule has 15 heteroatoms. The van der Waals surface area contributed by atoms with Gasteiger partial charge >= 0.3 is 6.18 Å². The highest BCUT2D eigenvalue weighted by Gasteiger charge is 2.51. The second kappa shape index (κ2) is 12.4. The van der Waals surface area contributed by atoms with E-state index in [1.807, 2.05) is 13.8 Å². The molecule has 2 atom stereocenters. The smallest absolute Gasteiger partial charge is 0.376 e. The van der Waals surface area contributed by atoms with Crippen LogP contribution in [0.4, 0.5) is 18.9 Å². The van der Waals surface area contributed by atoms with Gasteiger partial charge in [-0.3, -0.25) is 0 Å². The van der Waals surface area contributed by atoms with Crippen LogP contribution in [-0.4, -0.2) is 93.9 Å². The predicted octanol–water partition coefficient (Wildman–Crippen LogP) is 3.39. The molecule has 0 spiro atoms. The van der Waals surface area contributed by atoms with E-state index < -0.39 is 38.1 Å². The molecule has 0 radical (unpaired) electrons. The summed E-state index contributed by atoms with van der Waals surface area (Å²) in [6.45, 7) is 4.61. The van der Waals surface area contributed by atoms with Crippen LogP contribution >= 0.6 is 12.6 Å². The van der Waals surface area contributed by atoms with E-state index in [0.717, 1.165) is 4.31 Å². The third kappa shape index (κ3) is 7.20. The molecule has 9 nitrogen and oxygen atoms in total. The van der Waals surface area contributed by atoms with Gasteiger partial charge in [0, 0.05) is 57.4 Å². The summed E-state index contributed by atoms with van der Waals surface area (Å²) in [6, 6.07) is 10.8. The van der Waals surface area contributed by atoms with Crippen molar-refractivity contribution < 1.29 is 35.1 Å². The Morgan fingerprint density at radius 3 is 2.12 bits per heavy atom. The van der Waals surface area contributed by atoms with Gasteiger partial charge in [-0.2, -0.15) is 34.5 Å². The van der Waals surface area contributed by atoms with Crippen molar-refractivity contribution in [3.8, 4) is 0 Å². The van der Waals surface area contributed by atoms with Crippen molar-refractivity contribution in [2.45, 2.75) is 48.4 Å². The van der Waals surface area contributed by atoms with Crippen LogP contribution in [0.3, 0.4) is 0 Å². The molecule has 0 aliphatic carbocycles. The normalized spacial score (nSPS) is 19.2. The van der Waals surface area contributed by atoms with Gasteiger partial charge in [0.15, 0.2) is 5.60 Å². The number of thiol groups is 1. The Labute approximate surface area is 246 Å². The maximum Gasteiger partial charge on any atom is 0.421 e. The highest BCUT2D eigenvalue weighted by atomic mass is 32.2. The van der Waals surface area contributed by atoms with Crippen LogP contribution in [0.2, 0.25) is 0 Å². The van der Waals surface area contributed by atoms with Crippen LogP contribution in [0.25, 0.3) is 0 Å². The minimum absolute atomic E-state index is 0.0224. The molecule has 0 amide bonds. The van der Waals surface area contributed by atoms with Crippen molar-refractivity contribution in [1.82, 2.24) is 12.9 Å². The Kier molecular flexibility index (Phi) is 10.2. The highest BCUT2D eigenvalue weighted by molar-refractivity contribution is 7.90. The summed E-state index contributed by atoms with van der Waals surface area (Å²) >= 11 is 4.30. The fourth-order valence-corrected chi connectivity index (χ4v) is 8.00. The van der Waals surface area contributed by atoms with E-state index in [1.165, 1.54) is 53.0 Å². The number of sulfonamides is 1. The molecule has 1 aliphatic heterocycles. The second-order valence-corrected chi connectivity index (χ2v) is 15.3. The highest BCUT2D eigenvalue weighted by Crippen LogP contribution is 2.39. The molecule has 1 saturated heterocycles. The molecule has 1 aliphatic rings. The zero-order valence-corrected chi connectivity index (χ0v) is 26.1. The molecule has 1 fully saturated rings. The van der Waals surface area contributed by atoms with Gasteiger partial charge in [0.1, 0.15) is 0 Å². The Morgan fingerprint density at radius 1 is 1.02 bits per heavy atom. The monoisotopic (exact) mass is 638 g/mol. The molecule has 230 valence electrons. The van der Waals surface area contributed by atoms with Crippen LogP contribution in [0.15, 0.2) is 58.3 Å². The first-order valence-corrected chi connectivity index (χ1v) is 16.2. The van der Waals surface area contributed by atoms with Crippen molar-refractivity contribution in [2.75, 3.05) is 51.7 Å². The Morgan fingerprint density at radius 2 is 1.61 bits per heavy atom. The lowest BCUT2D eigenvalue weighted by Crippen LogP contribution is -2.59. The number of anilines is 1. The van der Waals surface area contributed by atoms with Gasteiger partial charge in [0.25, 0.3) is 10.2 Å². The van der Waals surface area contributed by atoms with Crippen molar-refractivity contribution in [1.29, 1.82) is 0 Å². The Bertz CT molecular complexity index is 1420. The number of hydrogen-bond donors (Lipinski definition) is 2. The number of aliphatic hydroxyl groups is 1. The van der Waals surface area contributed by atoms with Crippen LogP contribution in [0.5, 0.6) is 0 Å². The van der Waals surface area contributed by atoms with E-state index in [4.69, 9.17) is 0 Å². The van der Waals surface area contributed by atoms with Crippen LogP contribution < -0.4 is 4.90 Å². The summed E-state index contributed by atoms with van der Waals surface area (Å²) in [5, 5.41) is 10.1. The third-order valence-electron chi connectivity index (χ3n) is 7.01. The second-order valence-electron chi connectivity index (χ2n) is 10.8. The van der Waals surface area contributed by atoms with Gasteiger partial charge < -0.3 is 10.0 Å². The van der Waals surface area contributed by atoms with E-state index in [9.17, 15) is 35.1 Å². The van der Waals surface area contributed by atoms with Crippen molar-refractivity contribution in [2.24, 2.45) is 5.92 Å². The first-order chi connectivity index (χ1) is 18.8. The van der Waals surface area contributed by atoms with Crippen molar-refractivity contribution in [3.05, 3.63) is 54.1 Å². The molecule has 1 N–H and O–H groups in total. The number of halogens is 3. The molecule has 0 saturated carbocycles. The minimum atomic E-state index is -4.89. The predicted molar refractivity (Wildman–Crippen MR) is 155 cm³/mol. The number of rotatable bonds is 10. The fourth-order valence-electron chi connectivity index (χ4n) is 4.63. The van der Waals surface area contributed by atoms with Gasteiger partial charge in [-0.25, -0.2) is 8.42 Å². The van der Waals surface area contributed by atoms with Crippen LogP contribution in [0, 0.1) is 5.92 Å². The number of piperazine rings is 1. The number of benzene rings is 2. The summed E-state index contributed by atoms with van der Waals surface area (Å²) in [5.74, 6) is -0.0402. The zero-order chi connectivity index (χ0) is 31.0. The van der Waals surface area contributed by atoms with Crippen molar-refractivity contribution >= 4 is 38.5 Å². The lowest BCUT2D eigenvalue weighted by molar-refractivity contribution is -0.258. The molecule has 3 rings (SSSR count). The van der Waals surface area contributed by atoms with E-state index in [0.29, 0.717) is 12.6 Å². The largest absolute Gasteiger partial charge is 0.421 e. The number of hydrogen-bond acceptors (Lipinski definition) is 7. The molecular weight excluding hydrogens is 602 g/mol. The minimum Gasteiger partial charge on any atom is -0.376 e. The van der Waals surface area contributed by atoms with E-state index >= 15 is 0 Å². The lowest BCUT2D eigenvalue weighted by Gasteiger charge is -2.44. The summed E-state index contributed by atoms with van der Waals surface area (Å²) in [4.78, 5) is 2.09. The molecular formula is C26H37F3N4O5S3. The number of nitrogens with zero attached hydrogens (tertiary/aromatic N) is 4. The summed E-state index contributed by atoms with van der Waals surface area (Å²) < 4.78 is 97.5. The Balaban J connectivity index is 2.03. The van der Waals surface area contributed by atoms with Gasteiger partial charge in [-0.1, -0.05) is 38.1 Å². The first-order valence-electron chi connectivity index (χ1n) is 12.9. The van der Waals surface area contributed by atoms with Crippen molar-refractivity contribution in [3.63, 3.8) is 0 Å². The quantitative estimate of drug-likeness (QED) is 0.387. The van der Waals surface area contributed by atoms with Gasteiger partial charge in [-0.05, 0) is 42.7 Å². The molecule has 2 aromatic rings. The zero-order valence-electron chi connectivity index (χ0n) is 23.6. The Hall–Kier alpha value is -1.88. The van der Waals surface area contributed by atoms with Gasteiger partial charge in [0.2, 0.25) is 10.0 Å². The van der Waals surface area contributed by atoms with Crippen LogP contribution in [0.1, 0.15) is 26.3 Å². The van der Waals surface area contributed by atoms with Gasteiger partial charge in [0.05, 0.1) is 10.9 Å². The molecule has 41 heavy (non-hydrogen) atoms. The average molecular weight is 639 g/mol. The topological polar surface area (TPSA) is 101 Å². The van der Waals surface area contributed by atoms with E-state index in [1.54, 1.807) is 23.1 Å². The van der Waals surface area contributed by atoms with Crippen LogP contribution in [-0.2, 0) is 25.8 Å². The maximum atomic E-state index is 13.6. The lowest BCUT2D eigenvalue weighted by atomic mass is 9.95. The fraction of sp³-hybridized carbons (Fsp3) is 0.538. The summed E-state index contributed by atoms with van der Waals surface area (Å²) in [7, 11) is -5.06. The molecule has 0 aromatic heterocycles. The maximum absolute atomic E-state index is 13.6. The standard InChI is InChI=1S/C26H37F3N4O5S3/c1-19(2)16-32(41(37,38)30(4)5)18-22-17-31(40(35,36)24-9-7-6-8-23(24)39)14-15-33(22)21-12-10-20(11-13-21)25(3,34)26(27,28)29/h6-13,19,22,34,39H,14-18H2,1-5H3/t22-,25-/m1/s1. The summed E-state index contributed by atoms with van der Waals surface area (Å²) in [6.07, 6.45) is -4.89. The number of alkyl halides is 3. The van der Waals surface area contributed by atoms with Gasteiger partial charge in [-0.15, -0.1) is 12.6 Å². The first kappa shape index (κ1) is 33.6. The molecule has 0 bridgehead atoms. The molecule has 2 aromatic carbocycles. The SMILES string of the molecule is CC(C)CN(C[C@H]1CN(S(=O)(=O)c2ccccc2S)CCN1c1ccc([C@@](C)(O)C(F)(F)F)cc1)S(=O)(=O)N(C)C. The molecule has 0 unspecified atom stereocenters. The molecule has 1 heterocycles. The van der Waals surface area contributed by atoms with E-state index in [-0.39, 0.29) is 54.0 Å². The van der Waals surface area contributed by atoms with E-state index in [2.05, 4.69) is 12.6 Å². The summed E-state index contributed by atoms with van der Waals surface area (Å²) in [5.41, 5.74) is -2.95.